The maximum atomic E-state index is 12.3. The lowest BCUT2D eigenvalue weighted by molar-refractivity contribution is 0.0898. The highest BCUT2D eigenvalue weighted by molar-refractivity contribution is 6.07. The molecule has 2 rings (SSSR count). The van der Waals surface area contributed by atoms with Crippen molar-refractivity contribution in [1.29, 1.82) is 0 Å². The van der Waals surface area contributed by atoms with Gasteiger partial charge in [0.1, 0.15) is 0 Å². The first-order valence-electron chi connectivity index (χ1n) is 6.53. The Bertz CT molecular complexity index is 572. The van der Waals surface area contributed by atoms with E-state index in [-0.39, 0.29) is 24.5 Å². The minimum Gasteiger partial charge on any atom is -0.394 e. The Morgan fingerprint density at radius 1 is 1.16 bits per heavy atom. The molecule has 2 aromatic carbocycles. The summed E-state index contributed by atoms with van der Waals surface area (Å²) in [6, 6.07) is 13.3. The molecule has 3 nitrogen and oxygen atoms in total. The summed E-state index contributed by atoms with van der Waals surface area (Å²) in [5, 5.41) is 14.2. The van der Waals surface area contributed by atoms with Gasteiger partial charge in [0.05, 0.1) is 12.6 Å². The van der Waals surface area contributed by atoms with E-state index in [9.17, 15) is 9.90 Å². The first-order valence-corrected chi connectivity index (χ1v) is 6.53. The molecule has 0 heterocycles. The second-order valence-corrected chi connectivity index (χ2v) is 5.03. The maximum Gasteiger partial charge on any atom is 0.252 e. The van der Waals surface area contributed by atoms with E-state index in [4.69, 9.17) is 0 Å². The fourth-order valence-electron chi connectivity index (χ4n) is 2.09. The third-order valence-corrected chi connectivity index (χ3v) is 3.35. The third-order valence-electron chi connectivity index (χ3n) is 3.35. The molecular weight excluding hydrogens is 238 g/mol. The average molecular weight is 257 g/mol. The van der Waals surface area contributed by atoms with Gasteiger partial charge in [-0.25, -0.2) is 0 Å². The molecule has 100 valence electrons. The fraction of sp³-hybridized carbons (Fsp3) is 0.312. The van der Waals surface area contributed by atoms with Crippen LogP contribution in [0.3, 0.4) is 0 Å². The van der Waals surface area contributed by atoms with Crippen molar-refractivity contribution in [3.63, 3.8) is 0 Å². The lowest BCUT2D eigenvalue weighted by Crippen LogP contribution is -2.41. The van der Waals surface area contributed by atoms with E-state index in [1.54, 1.807) is 0 Å². The molecule has 0 saturated heterocycles. The summed E-state index contributed by atoms with van der Waals surface area (Å²) in [7, 11) is 0. The van der Waals surface area contributed by atoms with E-state index >= 15 is 0 Å². The molecule has 0 fully saturated rings. The lowest BCUT2D eigenvalue weighted by Gasteiger charge is -2.20. The number of amides is 1. The summed E-state index contributed by atoms with van der Waals surface area (Å²) in [6.45, 7) is 3.91. The Labute approximate surface area is 113 Å². The van der Waals surface area contributed by atoms with Gasteiger partial charge in [-0.3, -0.25) is 4.79 Å². The second-order valence-electron chi connectivity index (χ2n) is 5.03. The predicted octanol–water partition coefficient (Wildman–Crippen LogP) is 2.59. The number of carbonyl (C=O) groups is 1. The van der Waals surface area contributed by atoms with Crippen molar-refractivity contribution < 1.29 is 9.90 Å². The summed E-state index contributed by atoms with van der Waals surface area (Å²) in [5.41, 5.74) is 0.650. The molecule has 0 unspecified atom stereocenters. The average Bonchev–Trinajstić information content (AvgIpc) is 2.43. The summed E-state index contributed by atoms with van der Waals surface area (Å²) < 4.78 is 0. The smallest absolute Gasteiger partial charge is 0.252 e. The van der Waals surface area contributed by atoms with E-state index in [2.05, 4.69) is 5.32 Å². The summed E-state index contributed by atoms with van der Waals surface area (Å²) in [5.74, 6) is 0.0634. The van der Waals surface area contributed by atoms with Gasteiger partial charge in [0.15, 0.2) is 0 Å². The normalized spacial score (nSPS) is 12.6. The summed E-state index contributed by atoms with van der Waals surface area (Å²) >= 11 is 0. The zero-order valence-electron chi connectivity index (χ0n) is 11.3. The molecule has 1 amide bonds. The van der Waals surface area contributed by atoms with Crippen LogP contribution in [-0.4, -0.2) is 23.7 Å². The van der Waals surface area contributed by atoms with Crippen LogP contribution in [0.2, 0.25) is 0 Å². The van der Waals surface area contributed by atoms with Gasteiger partial charge in [0.2, 0.25) is 0 Å². The molecule has 0 radical (unpaired) electrons. The van der Waals surface area contributed by atoms with Gasteiger partial charge < -0.3 is 10.4 Å². The molecule has 3 heteroatoms. The molecule has 1 atom stereocenters. The maximum absolute atomic E-state index is 12.3. The molecule has 19 heavy (non-hydrogen) atoms. The van der Waals surface area contributed by atoms with E-state index in [0.717, 1.165) is 10.8 Å². The topological polar surface area (TPSA) is 49.3 Å². The van der Waals surface area contributed by atoms with Gasteiger partial charge in [-0.05, 0) is 22.8 Å². The first-order chi connectivity index (χ1) is 9.13. The Morgan fingerprint density at radius 2 is 1.84 bits per heavy atom. The fourth-order valence-corrected chi connectivity index (χ4v) is 2.09. The van der Waals surface area contributed by atoms with Crippen LogP contribution in [0, 0.1) is 5.92 Å². The molecule has 0 aliphatic carbocycles. The zero-order chi connectivity index (χ0) is 13.8. The van der Waals surface area contributed by atoms with Crippen molar-refractivity contribution in [1.82, 2.24) is 5.32 Å². The van der Waals surface area contributed by atoms with Crippen LogP contribution < -0.4 is 5.32 Å². The van der Waals surface area contributed by atoms with E-state index < -0.39 is 0 Å². The molecule has 0 bridgehead atoms. The highest BCUT2D eigenvalue weighted by atomic mass is 16.3. The van der Waals surface area contributed by atoms with Crippen LogP contribution in [0.5, 0.6) is 0 Å². The van der Waals surface area contributed by atoms with Gasteiger partial charge in [0, 0.05) is 5.56 Å². The van der Waals surface area contributed by atoms with Gasteiger partial charge in [-0.15, -0.1) is 0 Å². The number of fused-ring (bicyclic) bond motifs is 1. The van der Waals surface area contributed by atoms with Crippen LogP contribution in [-0.2, 0) is 0 Å². The molecule has 2 N–H and O–H groups in total. The number of nitrogens with one attached hydrogen (secondary N) is 1. The van der Waals surface area contributed by atoms with E-state index in [1.807, 2.05) is 56.3 Å². The van der Waals surface area contributed by atoms with E-state index in [1.165, 1.54) is 0 Å². The minimum absolute atomic E-state index is 0.0474. The molecule has 0 spiro atoms. The lowest BCUT2D eigenvalue weighted by atomic mass is 10.0. The second kappa shape index (κ2) is 5.85. The Hall–Kier alpha value is -1.87. The molecule has 0 saturated carbocycles. The Balaban J connectivity index is 2.31. The highest BCUT2D eigenvalue weighted by Crippen LogP contribution is 2.18. The number of rotatable bonds is 4. The van der Waals surface area contributed by atoms with Gasteiger partial charge in [0.25, 0.3) is 5.91 Å². The van der Waals surface area contributed by atoms with Crippen LogP contribution in [0.4, 0.5) is 0 Å². The standard InChI is InChI=1S/C16H19NO2/c1-11(2)15(10-18)17-16(19)14-9-5-7-12-6-3-4-8-13(12)14/h3-9,11,15,18H,10H2,1-2H3,(H,17,19)/t15-/m0/s1. The predicted molar refractivity (Wildman–Crippen MR) is 77.1 cm³/mol. The monoisotopic (exact) mass is 257 g/mol. The van der Waals surface area contributed by atoms with Crippen molar-refractivity contribution in [2.75, 3.05) is 6.61 Å². The van der Waals surface area contributed by atoms with Crippen LogP contribution in [0.25, 0.3) is 10.8 Å². The van der Waals surface area contributed by atoms with Crippen molar-refractivity contribution in [3.8, 4) is 0 Å². The molecular formula is C16H19NO2. The highest BCUT2D eigenvalue weighted by Gasteiger charge is 2.17. The van der Waals surface area contributed by atoms with Gasteiger partial charge >= 0.3 is 0 Å². The molecule has 0 aliphatic rings. The minimum atomic E-state index is -0.216. The molecule has 0 aliphatic heterocycles. The van der Waals surface area contributed by atoms with Crippen LogP contribution in [0.15, 0.2) is 42.5 Å². The van der Waals surface area contributed by atoms with Crippen LogP contribution >= 0.6 is 0 Å². The summed E-state index contributed by atoms with van der Waals surface area (Å²) in [4.78, 5) is 12.3. The Morgan fingerprint density at radius 3 is 2.53 bits per heavy atom. The first kappa shape index (κ1) is 13.6. The molecule has 0 aromatic heterocycles. The third kappa shape index (κ3) is 2.93. The van der Waals surface area contributed by atoms with Crippen molar-refractivity contribution in [2.45, 2.75) is 19.9 Å². The zero-order valence-corrected chi connectivity index (χ0v) is 11.3. The molecule has 2 aromatic rings. The number of carbonyl (C=O) groups excluding carboxylic acids is 1. The quantitative estimate of drug-likeness (QED) is 0.884. The van der Waals surface area contributed by atoms with E-state index in [0.29, 0.717) is 5.56 Å². The van der Waals surface area contributed by atoms with Gasteiger partial charge in [-0.1, -0.05) is 50.2 Å². The number of hydrogen-bond acceptors (Lipinski definition) is 2. The van der Waals surface area contributed by atoms with Crippen molar-refractivity contribution >= 4 is 16.7 Å². The number of benzene rings is 2. The Kier molecular flexibility index (Phi) is 4.17. The van der Waals surface area contributed by atoms with Crippen LogP contribution in [0.1, 0.15) is 24.2 Å². The number of aliphatic hydroxyl groups excluding tert-OH is 1. The number of aliphatic hydroxyl groups is 1. The van der Waals surface area contributed by atoms with Crippen molar-refractivity contribution in [2.24, 2.45) is 5.92 Å². The van der Waals surface area contributed by atoms with Gasteiger partial charge in [-0.2, -0.15) is 0 Å². The van der Waals surface area contributed by atoms with Crippen molar-refractivity contribution in [3.05, 3.63) is 48.0 Å². The largest absolute Gasteiger partial charge is 0.394 e. The summed E-state index contributed by atoms with van der Waals surface area (Å²) in [6.07, 6.45) is 0. The SMILES string of the molecule is CC(C)[C@H](CO)NC(=O)c1cccc2ccccc12. The number of hydrogen-bond donors (Lipinski definition) is 2.